The maximum atomic E-state index is 12.3. The smallest absolute Gasteiger partial charge is 0.237 e. The van der Waals surface area contributed by atoms with Crippen LogP contribution in [0.2, 0.25) is 0 Å². The Labute approximate surface area is 147 Å². The van der Waals surface area contributed by atoms with E-state index in [2.05, 4.69) is 17.6 Å². The number of aryl methyl sites for hydroxylation is 1. The minimum atomic E-state index is -0.220. The van der Waals surface area contributed by atoms with Gasteiger partial charge in [-0.15, -0.1) is 11.8 Å². The number of benzene rings is 2. The van der Waals surface area contributed by atoms with E-state index in [1.54, 1.807) is 0 Å². The maximum Gasteiger partial charge on any atom is 0.237 e. The highest BCUT2D eigenvalue weighted by Crippen LogP contribution is 2.25. The van der Waals surface area contributed by atoms with E-state index in [-0.39, 0.29) is 17.1 Å². The number of anilines is 2. The van der Waals surface area contributed by atoms with Gasteiger partial charge in [-0.1, -0.05) is 19.1 Å². The van der Waals surface area contributed by atoms with Gasteiger partial charge in [-0.2, -0.15) is 0 Å². The number of thioether (sulfide) groups is 1. The first-order valence-electron chi connectivity index (χ1n) is 7.92. The van der Waals surface area contributed by atoms with Crippen molar-refractivity contribution in [1.29, 1.82) is 0 Å². The summed E-state index contributed by atoms with van der Waals surface area (Å²) in [6.45, 7) is 5.44. The van der Waals surface area contributed by atoms with E-state index in [9.17, 15) is 9.59 Å². The van der Waals surface area contributed by atoms with Gasteiger partial charge in [0.05, 0.1) is 5.25 Å². The molecule has 0 aliphatic heterocycles. The number of carbonyl (C=O) groups is 2. The Balaban J connectivity index is 1.94. The number of rotatable bonds is 6. The molecule has 2 rings (SSSR count). The van der Waals surface area contributed by atoms with Crippen molar-refractivity contribution in [3.8, 4) is 0 Å². The second-order valence-corrected chi connectivity index (χ2v) is 6.92. The molecule has 1 atom stereocenters. The molecule has 0 saturated carbocycles. The second-order valence-electron chi connectivity index (χ2n) is 5.51. The Bertz CT molecular complexity index is 714. The highest BCUT2D eigenvalue weighted by atomic mass is 32.2. The van der Waals surface area contributed by atoms with Gasteiger partial charge in [0.2, 0.25) is 11.8 Å². The Morgan fingerprint density at radius 3 is 2.38 bits per heavy atom. The molecule has 0 aliphatic carbocycles. The first kappa shape index (κ1) is 18.1. The summed E-state index contributed by atoms with van der Waals surface area (Å²) in [5, 5.41) is 5.46. The Morgan fingerprint density at radius 1 is 1.04 bits per heavy atom. The van der Waals surface area contributed by atoms with Crippen molar-refractivity contribution in [2.24, 2.45) is 0 Å². The maximum absolute atomic E-state index is 12.3. The average molecular weight is 342 g/mol. The lowest BCUT2D eigenvalue weighted by Gasteiger charge is -2.13. The van der Waals surface area contributed by atoms with Crippen LogP contribution in [0.3, 0.4) is 0 Å². The summed E-state index contributed by atoms with van der Waals surface area (Å²) < 4.78 is 0. The zero-order valence-electron chi connectivity index (χ0n) is 14.1. The van der Waals surface area contributed by atoms with E-state index in [4.69, 9.17) is 0 Å². The van der Waals surface area contributed by atoms with Gasteiger partial charge in [-0.05, 0) is 55.3 Å². The molecule has 0 aliphatic rings. The zero-order valence-corrected chi connectivity index (χ0v) is 14.9. The Morgan fingerprint density at radius 2 is 1.75 bits per heavy atom. The molecule has 2 aromatic rings. The first-order valence-corrected chi connectivity index (χ1v) is 8.80. The van der Waals surface area contributed by atoms with Crippen molar-refractivity contribution in [1.82, 2.24) is 0 Å². The van der Waals surface area contributed by atoms with Crippen LogP contribution >= 0.6 is 11.8 Å². The van der Waals surface area contributed by atoms with Crippen LogP contribution in [-0.2, 0) is 16.0 Å². The number of carbonyl (C=O) groups excluding carboxylic acids is 2. The molecule has 0 spiro atoms. The van der Waals surface area contributed by atoms with Crippen LogP contribution < -0.4 is 10.6 Å². The summed E-state index contributed by atoms with van der Waals surface area (Å²) in [6, 6.07) is 15.4. The summed E-state index contributed by atoms with van der Waals surface area (Å²) >= 11 is 1.48. The summed E-state index contributed by atoms with van der Waals surface area (Å²) in [4.78, 5) is 24.3. The molecule has 0 fully saturated rings. The molecular formula is C19H22N2O2S. The molecule has 24 heavy (non-hydrogen) atoms. The van der Waals surface area contributed by atoms with E-state index in [1.165, 1.54) is 24.2 Å². The van der Waals surface area contributed by atoms with Crippen LogP contribution in [0, 0.1) is 0 Å². The monoisotopic (exact) mass is 342 g/mol. The third-order valence-electron chi connectivity index (χ3n) is 3.46. The fraction of sp³-hybridized carbons (Fsp3) is 0.263. The van der Waals surface area contributed by atoms with E-state index in [1.807, 2.05) is 55.5 Å². The van der Waals surface area contributed by atoms with Crippen LogP contribution in [0.5, 0.6) is 0 Å². The minimum Gasteiger partial charge on any atom is -0.326 e. The third kappa shape index (κ3) is 5.42. The molecule has 1 unspecified atom stereocenters. The van der Waals surface area contributed by atoms with Crippen LogP contribution in [0.4, 0.5) is 11.4 Å². The van der Waals surface area contributed by atoms with Gasteiger partial charge in [-0.25, -0.2) is 0 Å². The first-order chi connectivity index (χ1) is 11.5. The van der Waals surface area contributed by atoms with E-state index < -0.39 is 0 Å². The molecule has 2 N–H and O–H groups in total. The van der Waals surface area contributed by atoms with Crippen LogP contribution in [0.1, 0.15) is 26.3 Å². The van der Waals surface area contributed by atoms with E-state index in [0.717, 1.165) is 22.7 Å². The van der Waals surface area contributed by atoms with Gasteiger partial charge < -0.3 is 10.6 Å². The van der Waals surface area contributed by atoms with Crippen molar-refractivity contribution < 1.29 is 9.59 Å². The quantitative estimate of drug-likeness (QED) is 0.768. The molecular weight excluding hydrogens is 320 g/mol. The second kappa shape index (κ2) is 8.55. The lowest BCUT2D eigenvalue weighted by atomic mass is 10.1. The van der Waals surface area contributed by atoms with Crippen molar-refractivity contribution >= 4 is 35.0 Å². The lowest BCUT2D eigenvalue weighted by molar-refractivity contribution is -0.115. The van der Waals surface area contributed by atoms with E-state index in [0.29, 0.717) is 0 Å². The molecule has 0 aromatic heterocycles. The fourth-order valence-corrected chi connectivity index (χ4v) is 3.06. The molecule has 126 valence electrons. The van der Waals surface area contributed by atoms with Gasteiger partial charge in [-0.3, -0.25) is 9.59 Å². The summed E-state index contributed by atoms with van der Waals surface area (Å²) in [5.41, 5.74) is 2.77. The van der Waals surface area contributed by atoms with Crippen LogP contribution in [-0.4, -0.2) is 17.1 Å². The average Bonchev–Trinajstić information content (AvgIpc) is 2.56. The lowest BCUT2D eigenvalue weighted by Crippen LogP contribution is -2.22. The van der Waals surface area contributed by atoms with Gasteiger partial charge in [0, 0.05) is 23.2 Å². The van der Waals surface area contributed by atoms with Crippen LogP contribution in [0.15, 0.2) is 53.4 Å². The molecule has 0 radical (unpaired) electrons. The van der Waals surface area contributed by atoms with Gasteiger partial charge in [0.1, 0.15) is 0 Å². The van der Waals surface area contributed by atoms with Gasteiger partial charge >= 0.3 is 0 Å². The highest BCUT2D eigenvalue weighted by molar-refractivity contribution is 8.00. The highest BCUT2D eigenvalue weighted by Gasteiger charge is 2.14. The summed E-state index contributed by atoms with van der Waals surface area (Å²) in [6.07, 6.45) is 0.939. The van der Waals surface area contributed by atoms with Crippen molar-refractivity contribution in [3.63, 3.8) is 0 Å². The summed E-state index contributed by atoms with van der Waals surface area (Å²) in [5.74, 6) is -0.128. The van der Waals surface area contributed by atoms with Crippen LogP contribution in [0.25, 0.3) is 0 Å². The molecule has 4 nitrogen and oxygen atoms in total. The van der Waals surface area contributed by atoms with E-state index >= 15 is 0 Å². The molecule has 0 saturated heterocycles. The standard InChI is InChI=1S/C19H22N2O2S/c1-4-15-6-5-7-17(12-15)21-19(23)13(2)24-18-10-8-16(9-11-18)20-14(3)22/h5-13H,4H2,1-3H3,(H,20,22)(H,21,23). The Kier molecular flexibility index (Phi) is 6.44. The number of hydrogen-bond acceptors (Lipinski definition) is 3. The van der Waals surface area contributed by atoms with Crippen molar-refractivity contribution in [2.45, 2.75) is 37.3 Å². The normalized spacial score (nSPS) is 11.6. The predicted octanol–water partition coefficient (Wildman–Crippen LogP) is 4.33. The van der Waals surface area contributed by atoms with Crippen molar-refractivity contribution in [2.75, 3.05) is 10.6 Å². The van der Waals surface area contributed by atoms with Gasteiger partial charge in [0.25, 0.3) is 0 Å². The van der Waals surface area contributed by atoms with Gasteiger partial charge in [0.15, 0.2) is 0 Å². The molecule has 0 heterocycles. The zero-order chi connectivity index (χ0) is 17.5. The molecule has 5 heteroatoms. The molecule has 2 amide bonds. The number of amides is 2. The molecule has 2 aromatic carbocycles. The summed E-state index contributed by atoms with van der Waals surface area (Å²) in [7, 11) is 0. The number of hydrogen-bond donors (Lipinski definition) is 2. The SMILES string of the molecule is CCc1cccc(NC(=O)C(C)Sc2ccc(NC(C)=O)cc2)c1. The number of nitrogens with one attached hydrogen (secondary N) is 2. The third-order valence-corrected chi connectivity index (χ3v) is 4.57. The topological polar surface area (TPSA) is 58.2 Å². The van der Waals surface area contributed by atoms with Crippen molar-refractivity contribution in [3.05, 3.63) is 54.1 Å². The Hall–Kier alpha value is -2.27. The minimum absolute atomic E-state index is 0.0285. The largest absolute Gasteiger partial charge is 0.326 e. The molecule has 0 bridgehead atoms. The predicted molar refractivity (Wildman–Crippen MR) is 101 cm³/mol. The fourth-order valence-electron chi connectivity index (χ4n) is 2.19.